The van der Waals surface area contributed by atoms with Crippen molar-refractivity contribution in [3.8, 4) is 0 Å². The summed E-state index contributed by atoms with van der Waals surface area (Å²) in [5.41, 5.74) is 11.9. The van der Waals surface area contributed by atoms with Gasteiger partial charge in [-0.25, -0.2) is 0 Å². The molecule has 0 aliphatic rings. The molecule has 4 N–H and O–H groups in total. The molecule has 0 atom stereocenters. The van der Waals surface area contributed by atoms with E-state index in [0.717, 1.165) is 19.5 Å². The molecule has 0 aliphatic carbocycles. The molecule has 0 saturated heterocycles. The smallest absolute Gasteiger partial charge is 0.218 e. The summed E-state index contributed by atoms with van der Waals surface area (Å²) < 4.78 is 0. The van der Waals surface area contributed by atoms with E-state index in [4.69, 9.17) is 11.5 Å². The van der Waals surface area contributed by atoms with Crippen molar-refractivity contribution in [1.82, 2.24) is 4.90 Å². The van der Waals surface area contributed by atoms with Gasteiger partial charge in [0.15, 0.2) is 0 Å². The summed E-state index contributed by atoms with van der Waals surface area (Å²) in [5.74, 6) is -0.254. The summed E-state index contributed by atoms with van der Waals surface area (Å²) in [4.78, 5) is 13.0. The third-order valence-electron chi connectivity index (χ3n) is 2.60. The van der Waals surface area contributed by atoms with Gasteiger partial charge in [0, 0.05) is 19.5 Å². The summed E-state index contributed by atoms with van der Waals surface area (Å²) in [6.07, 6.45) is 1.34. The van der Waals surface area contributed by atoms with Gasteiger partial charge in [-0.3, -0.25) is 9.69 Å². The zero-order chi connectivity index (χ0) is 12.5. The van der Waals surface area contributed by atoms with Gasteiger partial charge >= 0.3 is 0 Å². The number of amides is 1. The first-order valence-electron chi connectivity index (χ1n) is 5.97. The van der Waals surface area contributed by atoms with Crippen LogP contribution in [-0.2, 0) is 11.3 Å². The number of carbonyl (C=O) groups excluding carboxylic acids is 1. The Kier molecular flexibility index (Phi) is 6.29. The maximum Gasteiger partial charge on any atom is 0.218 e. The minimum absolute atomic E-state index is 0.254. The van der Waals surface area contributed by atoms with Crippen LogP contribution in [0.4, 0.5) is 0 Å². The van der Waals surface area contributed by atoms with Crippen molar-refractivity contribution in [2.75, 3.05) is 19.6 Å². The van der Waals surface area contributed by atoms with E-state index in [1.807, 2.05) is 18.2 Å². The van der Waals surface area contributed by atoms with Crippen LogP contribution in [-0.4, -0.2) is 30.4 Å². The van der Waals surface area contributed by atoms with Crippen molar-refractivity contribution >= 4 is 5.91 Å². The molecule has 1 rings (SSSR count). The third-order valence-corrected chi connectivity index (χ3v) is 2.60. The topological polar surface area (TPSA) is 72.3 Å². The zero-order valence-electron chi connectivity index (χ0n) is 10.1. The molecule has 1 aromatic rings. The first kappa shape index (κ1) is 13.7. The van der Waals surface area contributed by atoms with Crippen LogP contribution in [0.1, 0.15) is 18.4 Å². The Balaban J connectivity index is 2.47. The van der Waals surface area contributed by atoms with Crippen LogP contribution in [0.2, 0.25) is 0 Å². The molecule has 0 spiro atoms. The number of nitrogens with zero attached hydrogens (tertiary/aromatic N) is 1. The third kappa shape index (κ3) is 6.04. The second-order valence-corrected chi connectivity index (χ2v) is 4.12. The van der Waals surface area contributed by atoms with E-state index in [-0.39, 0.29) is 5.91 Å². The van der Waals surface area contributed by atoms with Gasteiger partial charge in [0.25, 0.3) is 0 Å². The van der Waals surface area contributed by atoms with Gasteiger partial charge in [-0.2, -0.15) is 0 Å². The lowest BCUT2D eigenvalue weighted by molar-refractivity contribution is -0.118. The number of benzene rings is 1. The molecule has 0 saturated carbocycles. The molecule has 1 aromatic carbocycles. The quantitative estimate of drug-likeness (QED) is 0.697. The molecule has 4 nitrogen and oxygen atoms in total. The van der Waals surface area contributed by atoms with E-state index in [0.29, 0.717) is 19.5 Å². The first-order valence-corrected chi connectivity index (χ1v) is 5.97. The van der Waals surface area contributed by atoms with E-state index in [1.54, 1.807) is 0 Å². The Morgan fingerprint density at radius 2 is 1.88 bits per heavy atom. The van der Waals surface area contributed by atoms with Crippen molar-refractivity contribution in [1.29, 1.82) is 0 Å². The fourth-order valence-electron chi connectivity index (χ4n) is 1.69. The number of carbonyl (C=O) groups is 1. The maximum absolute atomic E-state index is 10.8. The van der Waals surface area contributed by atoms with Crippen molar-refractivity contribution < 1.29 is 4.79 Å². The molecular weight excluding hydrogens is 214 g/mol. The molecule has 4 heteroatoms. The summed E-state index contributed by atoms with van der Waals surface area (Å²) in [7, 11) is 0. The second kappa shape index (κ2) is 7.81. The van der Waals surface area contributed by atoms with Crippen LogP contribution in [0.25, 0.3) is 0 Å². The van der Waals surface area contributed by atoms with Crippen LogP contribution in [0, 0.1) is 0 Å². The van der Waals surface area contributed by atoms with Crippen LogP contribution in [0.5, 0.6) is 0 Å². The Morgan fingerprint density at radius 3 is 2.47 bits per heavy atom. The van der Waals surface area contributed by atoms with Gasteiger partial charge in [0.05, 0.1) is 0 Å². The SMILES string of the molecule is NCCCN(CCC(N)=O)Cc1ccccc1. The number of nitrogens with two attached hydrogens (primary N) is 2. The predicted octanol–water partition coefficient (Wildman–Crippen LogP) is 0.713. The van der Waals surface area contributed by atoms with E-state index in [9.17, 15) is 4.79 Å². The monoisotopic (exact) mass is 235 g/mol. The predicted molar refractivity (Wildman–Crippen MR) is 69.2 cm³/mol. The molecule has 0 bridgehead atoms. The number of hydrogen-bond acceptors (Lipinski definition) is 3. The standard InChI is InChI=1S/C13H21N3O/c14-8-4-9-16(10-7-13(15)17)11-12-5-2-1-3-6-12/h1-3,5-6H,4,7-11,14H2,(H2,15,17). The lowest BCUT2D eigenvalue weighted by Crippen LogP contribution is -2.29. The average molecular weight is 235 g/mol. The normalized spacial score (nSPS) is 10.7. The highest BCUT2D eigenvalue weighted by molar-refractivity contribution is 5.73. The van der Waals surface area contributed by atoms with E-state index in [2.05, 4.69) is 17.0 Å². The molecule has 1 amide bonds. The highest BCUT2D eigenvalue weighted by Crippen LogP contribution is 2.05. The summed E-state index contributed by atoms with van der Waals surface area (Å²) in [5, 5.41) is 0. The summed E-state index contributed by atoms with van der Waals surface area (Å²) >= 11 is 0. The zero-order valence-corrected chi connectivity index (χ0v) is 10.1. The fraction of sp³-hybridized carbons (Fsp3) is 0.462. The van der Waals surface area contributed by atoms with Crippen LogP contribution >= 0.6 is 0 Å². The molecule has 0 fully saturated rings. The molecule has 0 unspecified atom stereocenters. The van der Waals surface area contributed by atoms with Crippen molar-refractivity contribution in [3.05, 3.63) is 35.9 Å². The summed E-state index contributed by atoms with van der Waals surface area (Å²) in [6, 6.07) is 10.2. The molecule has 0 radical (unpaired) electrons. The molecule has 0 aromatic heterocycles. The van der Waals surface area contributed by atoms with Gasteiger partial charge in [0.2, 0.25) is 5.91 Å². The van der Waals surface area contributed by atoms with Crippen molar-refractivity contribution in [2.24, 2.45) is 11.5 Å². The molecule has 94 valence electrons. The Labute approximate surface area is 103 Å². The molecule has 17 heavy (non-hydrogen) atoms. The lowest BCUT2D eigenvalue weighted by atomic mass is 10.2. The van der Waals surface area contributed by atoms with Crippen molar-refractivity contribution in [3.63, 3.8) is 0 Å². The Hall–Kier alpha value is -1.39. The van der Waals surface area contributed by atoms with E-state index < -0.39 is 0 Å². The first-order chi connectivity index (χ1) is 8.22. The Bertz CT molecular complexity index is 327. The fourth-order valence-corrected chi connectivity index (χ4v) is 1.69. The highest BCUT2D eigenvalue weighted by Gasteiger charge is 2.06. The second-order valence-electron chi connectivity index (χ2n) is 4.12. The summed E-state index contributed by atoms with van der Waals surface area (Å²) in [6.45, 7) is 3.11. The minimum Gasteiger partial charge on any atom is -0.370 e. The van der Waals surface area contributed by atoms with Gasteiger partial charge < -0.3 is 11.5 Å². The van der Waals surface area contributed by atoms with Crippen LogP contribution in [0.15, 0.2) is 30.3 Å². The molecule has 0 aliphatic heterocycles. The largest absolute Gasteiger partial charge is 0.370 e. The van der Waals surface area contributed by atoms with Crippen LogP contribution < -0.4 is 11.5 Å². The van der Waals surface area contributed by atoms with Gasteiger partial charge in [-0.05, 0) is 25.1 Å². The van der Waals surface area contributed by atoms with E-state index >= 15 is 0 Å². The van der Waals surface area contributed by atoms with E-state index in [1.165, 1.54) is 5.56 Å². The van der Waals surface area contributed by atoms with Gasteiger partial charge in [0.1, 0.15) is 0 Å². The number of primary amides is 1. The Morgan fingerprint density at radius 1 is 1.18 bits per heavy atom. The molecule has 0 heterocycles. The van der Waals surface area contributed by atoms with Gasteiger partial charge in [-0.1, -0.05) is 30.3 Å². The highest BCUT2D eigenvalue weighted by atomic mass is 16.1. The lowest BCUT2D eigenvalue weighted by Gasteiger charge is -2.21. The number of hydrogen-bond donors (Lipinski definition) is 2. The maximum atomic E-state index is 10.8. The number of rotatable bonds is 8. The minimum atomic E-state index is -0.254. The van der Waals surface area contributed by atoms with Crippen LogP contribution in [0.3, 0.4) is 0 Å². The molecular formula is C13H21N3O. The van der Waals surface area contributed by atoms with Gasteiger partial charge in [-0.15, -0.1) is 0 Å². The van der Waals surface area contributed by atoms with Crippen molar-refractivity contribution in [2.45, 2.75) is 19.4 Å². The average Bonchev–Trinajstić information content (AvgIpc) is 2.34.